The first-order valence-corrected chi connectivity index (χ1v) is 18.6. The Morgan fingerprint density at radius 2 is 1.10 bits per heavy atom. The first kappa shape index (κ1) is 35.2. The summed E-state index contributed by atoms with van der Waals surface area (Å²) in [7, 11) is 4.50. The number of ether oxygens (including phenoxy) is 2. The van der Waals surface area contributed by atoms with Gasteiger partial charge < -0.3 is 39.7 Å². The fourth-order valence-electron chi connectivity index (χ4n) is 11.6. The van der Waals surface area contributed by atoms with E-state index in [0.717, 1.165) is 63.1 Å². The van der Waals surface area contributed by atoms with Crippen LogP contribution in [0, 0.1) is 25.7 Å². The average molecular weight is 717 g/mol. The molecular weight excluding hydrogens is 668 g/mol. The molecule has 4 unspecified atom stereocenters. The number of aliphatic carboxylic acids is 2. The number of carbonyl (C=O) groups is 4. The van der Waals surface area contributed by atoms with Crippen LogP contribution in [0.1, 0.15) is 71.9 Å². The fourth-order valence-corrected chi connectivity index (χ4v) is 11.6. The van der Waals surface area contributed by atoms with Crippen molar-refractivity contribution in [1.82, 2.24) is 9.80 Å². The zero-order valence-corrected chi connectivity index (χ0v) is 30.1. The minimum atomic E-state index is -2.27. The Balaban J connectivity index is 0.000000120. The molecular formula is C40H48N2O10. The third kappa shape index (κ3) is 4.79. The molecule has 278 valence electrons. The quantitative estimate of drug-likeness (QED) is 0.366. The molecule has 2 spiro atoms. The number of ketones is 2. The Bertz CT molecular complexity index is 1740. The molecule has 2 saturated heterocycles. The van der Waals surface area contributed by atoms with Gasteiger partial charge in [-0.2, -0.15) is 0 Å². The van der Waals surface area contributed by atoms with Gasteiger partial charge in [0.25, 0.3) is 0 Å². The summed E-state index contributed by atoms with van der Waals surface area (Å²) >= 11 is 0. The van der Waals surface area contributed by atoms with E-state index in [9.17, 15) is 19.2 Å². The monoisotopic (exact) mass is 716 g/mol. The summed E-state index contributed by atoms with van der Waals surface area (Å²) < 4.78 is 12.6. The maximum absolute atomic E-state index is 12.6. The second-order valence-electron chi connectivity index (χ2n) is 16.4. The number of carboxylic acids is 2. The summed E-state index contributed by atoms with van der Waals surface area (Å²) in [5, 5.41) is 32.5. The predicted molar refractivity (Wildman–Crippen MR) is 187 cm³/mol. The molecule has 2 aromatic carbocycles. The zero-order chi connectivity index (χ0) is 37.0. The number of rotatable bonds is 3. The van der Waals surface area contributed by atoms with Gasteiger partial charge in [0.1, 0.15) is 11.5 Å². The standard InChI is InChI=1S/2C18H21NO2.C4H6O6/c2*1-10-3-4-11-9-13-12-5-6-14(20)17-18(12,7-8-19(13)2)15(11)16(10)21-17;5-1(3(7)8)2(6)4(9)10/h2*3-4,12-13,17H,5-9H2,1-2H3;1-2,5-6H,(H,7,8)(H,9,10)/t2*12?,13-,17+,18+;/m11./s1. The lowest BCUT2D eigenvalue weighted by molar-refractivity contribution is -0.165. The zero-order valence-electron chi connectivity index (χ0n) is 30.1. The topological polar surface area (TPSA) is 174 Å². The van der Waals surface area contributed by atoms with Crippen molar-refractivity contribution in [3.63, 3.8) is 0 Å². The Kier molecular flexibility index (Phi) is 8.37. The molecule has 4 N–H and O–H groups in total. The lowest BCUT2D eigenvalue weighted by Crippen LogP contribution is -2.65. The van der Waals surface area contributed by atoms with Gasteiger partial charge in [-0.3, -0.25) is 9.59 Å². The maximum atomic E-state index is 12.6. The lowest BCUT2D eigenvalue weighted by atomic mass is 9.51. The molecule has 10 rings (SSSR count). The minimum absolute atomic E-state index is 0.0125. The summed E-state index contributed by atoms with van der Waals surface area (Å²) in [6, 6.07) is 10.1. The van der Waals surface area contributed by atoms with Crippen LogP contribution in [0.2, 0.25) is 0 Å². The number of aliphatic hydroxyl groups is 2. The molecule has 4 fully saturated rings. The lowest BCUT2D eigenvalue weighted by Gasteiger charge is -2.57. The number of carboxylic acid groups (broad SMARTS) is 2. The van der Waals surface area contributed by atoms with E-state index >= 15 is 0 Å². The highest BCUT2D eigenvalue weighted by Gasteiger charge is 2.66. The van der Waals surface area contributed by atoms with Crippen molar-refractivity contribution in [2.75, 3.05) is 27.2 Å². The molecule has 12 nitrogen and oxygen atoms in total. The Morgan fingerprint density at radius 3 is 1.46 bits per heavy atom. The first-order valence-electron chi connectivity index (χ1n) is 18.6. The van der Waals surface area contributed by atoms with E-state index in [1.54, 1.807) is 0 Å². The van der Waals surface area contributed by atoms with Gasteiger partial charge in [0.15, 0.2) is 36.0 Å². The Labute approximate surface area is 302 Å². The van der Waals surface area contributed by atoms with E-state index in [1.807, 2.05) is 0 Å². The molecule has 2 aromatic rings. The van der Waals surface area contributed by atoms with E-state index in [-0.39, 0.29) is 23.0 Å². The normalized spacial score (nSPS) is 35.3. The van der Waals surface area contributed by atoms with Crippen molar-refractivity contribution in [3.05, 3.63) is 57.6 Å². The number of benzene rings is 2. The van der Waals surface area contributed by atoms with Gasteiger partial charge in [-0.25, -0.2) is 9.59 Å². The van der Waals surface area contributed by atoms with Gasteiger partial charge in [0.05, 0.1) is 0 Å². The molecule has 4 aliphatic carbocycles. The number of aryl methyl sites for hydroxylation is 2. The molecule has 4 bridgehead atoms. The number of carbonyl (C=O) groups excluding carboxylic acids is 2. The van der Waals surface area contributed by atoms with E-state index in [0.29, 0.717) is 48.3 Å². The van der Waals surface area contributed by atoms with Crippen LogP contribution in [-0.2, 0) is 42.8 Å². The predicted octanol–water partition coefficient (Wildman–Crippen LogP) is 2.34. The molecule has 4 heterocycles. The van der Waals surface area contributed by atoms with Gasteiger partial charge in [0, 0.05) is 46.9 Å². The number of hydrogen-bond donors (Lipinski definition) is 4. The number of likely N-dealkylation sites (N-methyl/N-ethyl adjacent to an activating group) is 2. The number of nitrogens with zero attached hydrogens (tertiary/aromatic N) is 2. The second kappa shape index (κ2) is 12.4. The molecule has 8 aliphatic rings. The molecule has 2 saturated carbocycles. The van der Waals surface area contributed by atoms with Crippen LogP contribution in [0.4, 0.5) is 0 Å². The summed E-state index contributed by atoms with van der Waals surface area (Å²) in [5.41, 5.74) is 8.05. The highest BCUT2D eigenvalue weighted by molar-refractivity contribution is 5.90. The van der Waals surface area contributed by atoms with Crippen LogP contribution in [0.15, 0.2) is 24.3 Å². The SMILES string of the molecule is Cc1ccc2c3c1O[C@H]1C(=O)CCC4[C@@H](C2)N(C)CC[C@@]341.Cc1ccc2c3c1O[C@H]1C(=O)CCC4[C@@H](C2)N(C)CC[C@@]341.O=C(O)C(O)C(O)C(=O)O. The van der Waals surface area contributed by atoms with Gasteiger partial charge in [-0.15, -0.1) is 0 Å². The van der Waals surface area contributed by atoms with Crippen molar-refractivity contribution < 1.29 is 49.1 Å². The third-order valence-corrected chi connectivity index (χ3v) is 14.0. The smallest absolute Gasteiger partial charge is 0.335 e. The van der Waals surface area contributed by atoms with Crippen molar-refractivity contribution >= 4 is 23.5 Å². The minimum Gasteiger partial charge on any atom is -0.481 e. The molecule has 0 amide bonds. The first-order chi connectivity index (χ1) is 24.7. The average Bonchev–Trinajstić information content (AvgIpc) is 3.67. The molecule has 0 radical (unpaired) electrons. The molecule has 12 heteroatoms. The molecule has 52 heavy (non-hydrogen) atoms. The van der Waals surface area contributed by atoms with Crippen LogP contribution in [0.3, 0.4) is 0 Å². The highest BCUT2D eigenvalue weighted by Crippen LogP contribution is 2.63. The van der Waals surface area contributed by atoms with Crippen LogP contribution < -0.4 is 9.47 Å². The molecule has 4 aliphatic heterocycles. The van der Waals surface area contributed by atoms with Gasteiger partial charge in [-0.1, -0.05) is 24.3 Å². The van der Waals surface area contributed by atoms with Crippen LogP contribution in [-0.4, -0.2) is 117 Å². The van der Waals surface area contributed by atoms with Crippen LogP contribution in [0.5, 0.6) is 11.5 Å². The van der Waals surface area contributed by atoms with E-state index in [4.69, 9.17) is 29.9 Å². The number of piperidine rings is 2. The molecule has 0 aromatic heterocycles. The van der Waals surface area contributed by atoms with Crippen LogP contribution >= 0.6 is 0 Å². The van der Waals surface area contributed by atoms with Crippen LogP contribution in [0.25, 0.3) is 0 Å². The Hall–Kier alpha value is -3.84. The van der Waals surface area contributed by atoms with E-state index in [2.05, 4.69) is 62.0 Å². The number of hydrogen-bond acceptors (Lipinski definition) is 10. The van der Waals surface area contributed by atoms with Gasteiger partial charge in [-0.05, 0) is 114 Å². The van der Waals surface area contributed by atoms with Crippen molar-refractivity contribution in [1.29, 1.82) is 0 Å². The number of Topliss-reactive ketones (excluding diaryl/α,β-unsaturated/α-hetero) is 2. The maximum Gasteiger partial charge on any atom is 0.335 e. The highest BCUT2D eigenvalue weighted by atomic mass is 16.5. The van der Waals surface area contributed by atoms with E-state index in [1.165, 1.54) is 33.4 Å². The van der Waals surface area contributed by atoms with Crippen molar-refractivity contribution in [2.45, 2.75) is 113 Å². The summed E-state index contributed by atoms with van der Waals surface area (Å²) in [4.78, 5) is 49.7. The van der Waals surface area contributed by atoms with E-state index < -0.39 is 24.1 Å². The van der Waals surface area contributed by atoms with Crippen molar-refractivity contribution in [3.8, 4) is 11.5 Å². The van der Waals surface area contributed by atoms with Crippen molar-refractivity contribution in [2.24, 2.45) is 11.8 Å². The molecule has 10 atom stereocenters. The van der Waals surface area contributed by atoms with Gasteiger partial charge in [0.2, 0.25) is 0 Å². The summed E-state index contributed by atoms with van der Waals surface area (Å²) in [5.74, 6) is 0.395. The Morgan fingerprint density at radius 1 is 0.712 bits per heavy atom. The number of likely N-dealkylation sites (tertiary alicyclic amines) is 2. The summed E-state index contributed by atoms with van der Waals surface area (Å²) in [6.07, 6.45) is 2.93. The number of aliphatic hydroxyl groups excluding tert-OH is 2. The third-order valence-electron chi connectivity index (χ3n) is 14.0. The second-order valence-corrected chi connectivity index (χ2v) is 16.4. The van der Waals surface area contributed by atoms with Gasteiger partial charge >= 0.3 is 11.9 Å². The largest absolute Gasteiger partial charge is 0.481 e. The summed E-state index contributed by atoms with van der Waals surface area (Å²) in [6.45, 7) is 6.40. The fraction of sp³-hybridized carbons (Fsp3) is 0.600.